The first-order valence-electron chi connectivity index (χ1n) is 10.9. The maximum Gasteiger partial charge on any atom is 0.227 e. The van der Waals surface area contributed by atoms with Gasteiger partial charge in [-0.15, -0.1) is 0 Å². The quantitative estimate of drug-likeness (QED) is 0.638. The molecule has 0 unspecified atom stereocenters. The highest BCUT2D eigenvalue weighted by molar-refractivity contribution is 5.92. The lowest BCUT2D eigenvalue weighted by Crippen LogP contribution is -2.41. The van der Waals surface area contributed by atoms with Crippen LogP contribution in [0.15, 0.2) is 36.7 Å². The summed E-state index contributed by atoms with van der Waals surface area (Å²) in [4.78, 5) is 26.8. The monoisotopic (exact) mass is 412 g/mol. The molecule has 0 spiro atoms. The Morgan fingerprint density at radius 1 is 1.23 bits per heavy atom. The van der Waals surface area contributed by atoms with Crippen LogP contribution in [-0.4, -0.2) is 46.2 Å². The summed E-state index contributed by atoms with van der Waals surface area (Å²) in [6.45, 7) is 6.72. The Morgan fingerprint density at radius 2 is 2.03 bits per heavy atom. The molecule has 0 saturated carbocycles. The molecular weight excluding hydrogens is 380 g/mol. The Kier molecular flexibility index (Phi) is 7.88. The van der Waals surface area contributed by atoms with E-state index in [1.54, 1.807) is 10.9 Å². The van der Waals surface area contributed by atoms with Crippen molar-refractivity contribution in [2.75, 3.05) is 25.0 Å². The van der Waals surface area contributed by atoms with Gasteiger partial charge in [0, 0.05) is 38.2 Å². The van der Waals surface area contributed by atoms with Crippen LogP contribution in [0.4, 0.5) is 5.69 Å². The van der Waals surface area contributed by atoms with Crippen LogP contribution in [-0.2, 0) is 16.1 Å². The fraction of sp³-hybridized carbons (Fsp3) is 0.522. The van der Waals surface area contributed by atoms with Gasteiger partial charge in [-0.25, -0.2) is 0 Å². The number of aromatic nitrogens is 2. The van der Waals surface area contributed by atoms with Crippen LogP contribution in [0.5, 0.6) is 5.75 Å². The Balaban J connectivity index is 1.31. The number of nitrogens with zero attached hydrogens (tertiary/aromatic N) is 3. The molecule has 3 rings (SSSR count). The van der Waals surface area contributed by atoms with E-state index >= 15 is 0 Å². The number of anilines is 1. The van der Waals surface area contributed by atoms with Gasteiger partial charge in [0.25, 0.3) is 0 Å². The van der Waals surface area contributed by atoms with Crippen LogP contribution in [0.3, 0.4) is 0 Å². The summed E-state index contributed by atoms with van der Waals surface area (Å²) in [6, 6.07) is 7.99. The van der Waals surface area contributed by atoms with Crippen molar-refractivity contribution in [1.29, 1.82) is 0 Å². The van der Waals surface area contributed by atoms with Crippen LogP contribution >= 0.6 is 0 Å². The maximum absolute atomic E-state index is 12.5. The molecule has 1 aliphatic rings. The van der Waals surface area contributed by atoms with E-state index < -0.39 is 0 Å². The number of likely N-dealkylation sites (tertiary alicyclic amines) is 1. The normalized spacial score (nSPS) is 14.5. The van der Waals surface area contributed by atoms with E-state index in [9.17, 15) is 9.59 Å². The molecule has 1 aliphatic heterocycles. The number of hydrogen-bond acceptors (Lipinski definition) is 4. The number of carbonyl (C=O) groups is 2. The van der Waals surface area contributed by atoms with Crippen LogP contribution in [0, 0.1) is 12.8 Å². The van der Waals surface area contributed by atoms with Crippen molar-refractivity contribution in [3.63, 3.8) is 0 Å². The lowest BCUT2D eigenvalue weighted by Gasteiger charge is -2.31. The molecule has 0 aliphatic carbocycles. The number of piperidine rings is 1. The van der Waals surface area contributed by atoms with Gasteiger partial charge in [-0.2, -0.15) is 5.10 Å². The molecular formula is C23H32N4O3. The lowest BCUT2D eigenvalue weighted by atomic mass is 9.95. The minimum Gasteiger partial charge on any atom is -0.494 e. The number of carbonyl (C=O) groups excluding carboxylic acids is 2. The van der Waals surface area contributed by atoms with Crippen molar-refractivity contribution in [1.82, 2.24) is 14.7 Å². The SMILES string of the molecule is CCn1cc(NC(=O)C2CCN(C(=O)CCCCOc3cccc(C)c3)CC2)cn1. The summed E-state index contributed by atoms with van der Waals surface area (Å²) in [5.74, 6) is 1.02. The highest BCUT2D eigenvalue weighted by atomic mass is 16.5. The zero-order valence-corrected chi connectivity index (χ0v) is 18.0. The number of aryl methyl sites for hydroxylation is 2. The third-order valence-corrected chi connectivity index (χ3v) is 5.49. The van der Waals surface area contributed by atoms with Crippen molar-refractivity contribution >= 4 is 17.5 Å². The van der Waals surface area contributed by atoms with Crippen LogP contribution < -0.4 is 10.1 Å². The lowest BCUT2D eigenvalue weighted by molar-refractivity contribution is -0.134. The smallest absolute Gasteiger partial charge is 0.227 e. The van der Waals surface area contributed by atoms with E-state index in [-0.39, 0.29) is 17.7 Å². The van der Waals surface area contributed by atoms with E-state index in [1.165, 1.54) is 5.56 Å². The van der Waals surface area contributed by atoms with Crippen LogP contribution in [0.25, 0.3) is 0 Å². The predicted octanol–water partition coefficient (Wildman–Crippen LogP) is 3.64. The topological polar surface area (TPSA) is 76.5 Å². The van der Waals surface area contributed by atoms with Gasteiger partial charge in [0.15, 0.2) is 0 Å². The number of hydrogen-bond donors (Lipinski definition) is 1. The van der Waals surface area contributed by atoms with Crippen molar-refractivity contribution in [2.24, 2.45) is 5.92 Å². The molecule has 1 aromatic carbocycles. The molecule has 2 heterocycles. The second-order valence-electron chi connectivity index (χ2n) is 7.85. The molecule has 30 heavy (non-hydrogen) atoms. The van der Waals surface area contributed by atoms with Crippen molar-refractivity contribution in [2.45, 2.75) is 52.5 Å². The third kappa shape index (κ3) is 6.34. The van der Waals surface area contributed by atoms with Gasteiger partial charge in [0.2, 0.25) is 11.8 Å². The number of nitrogens with one attached hydrogen (secondary N) is 1. The first-order valence-corrected chi connectivity index (χ1v) is 10.9. The zero-order valence-electron chi connectivity index (χ0n) is 18.0. The molecule has 7 heteroatoms. The van der Waals surface area contributed by atoms with Gasteiger partial charge in [-0.1, -0.05) is 12.1 Å². The summed E-state index contributed by atoms with van der Waals surface area (Å²) in [5, 5.41) is 7.11. The van der Waals surface area contributed by atoms with Gasteiger partial charge >= 0.3 is 0 Å². The predicted molar refractivity (Wildman–Crippen MR) is 116 cm³/mol. The maximum atomic E-state index is 12.5. The van der Waals surface area contributed by atoms with Crippen molar-refractivity contribution in [3.05, 3.63) is 42.2 Å². The Morgan fingerprint density at radius 3 is 2.73 bits per heavy atom. The van der Waals surface area contributed by atoms with E-state index in [0.717, 1.165) is 30.8 Å². The first kappa shape index (κ1) is 21.9. The molecule has 162 valence electrons. The van der Waals surface area contributed by atoms with Gasteiger partial charge in [0.1, 0.15) is 5.75 Å². The Bertz CT molecular complexity index is 840. The molecule has 0 bridgehead atoms. The Hall–Kier alpha value is -2.83. The fourth-order valence-electron chi connectivity index (χ4n) is 3.67. The third-order valence-electron chi connectivity index (χ3n) is 5.49. The minimum absolute atomic E-state index is 0.0195. The number of ether oxygens (including phenoxy) is 1. The molecule has 1 saturated heterocycles. The standard InChI is InChI=1S/C23H32N4O3/c1-3-27-17-20(16-24-27)25-23(29)19-10-12-26(13-11-19)22(28)9-4-5-14-30-21-8-6-7-18(2)15-21/h6-8,15-17,19H,3-5,9-14H2,1-2H3,(H,25,29). The van der Waals surface area contributed by atoms with Crippen molar-refractivity contribution < 1.29 is 14.3 Å². The van der Waals surface area contributed by atoms with E-state index in [2.05, 4.69) is 10.4 Å². The summed E-state index contributed by atoms with van der Waals surface area (Å²) >= 11 is 0. The van der Waals surface area contributed by atoms with Gasteiger partial charge in [-0.05, 0) is 57.2 Å². The fourth-order valence-corrected chi connectivity index (χ4v) is 3.67. The average Bonchev–Trinajstić information content (AvgIpc) is 3.21. The first-order chi connectivity index (χ1) is 14.5. The van der Waals surface area contributed by atoms with Crippen LogP contribution in [0.1, 0.15) is 44.6 Å². The highest BCUT2D eigenvalue weighted by Gasteiger charge is 2.27. The number of unbranched alkanes of at least 4 members (excludes halogenated alkanes) is 1. The molecule has 1 fully saturated rings. The average molecular weight is 413 g/mol. The number of rotatable bonds is 9. The number of benzene rings is 1. The zero-order chi connectivity index (χ0) is 21.3. The molecule has 0 radical (unpaired) electrons. The van der Waals surface area contributed by atoms with E-state index in [1.807, 2.05) is 49.2 Å². The Labute approximate surface area is 178 Å². The highest BCUT2D eigenvalue weighted by Crippen LogP contribution is 2.20. The van der Waals surface area contributed by atoms with E-state index in [0.29, 0.717) is 39.0 Å². The second kappa shape index (κ2) is 10.8. The second-order valence-corrected chi connectivity index (χ2v) is 7.85. The molecule has 1 N–H and O–H groups in total. The number of amides is 2. The largest absolute Gasteiger partial charge is 0.494 e. The molecule has 2 amide bonds. The van der Waals surface area contributed by atoms with E-state index in [4.69, 9.17) is 4.74 Å². The van der Waals surface area contributed by atoms with Crippen LogP contribution in [0.2, 0.25) is 0 Å². The molecule has 7 nitrogen and oxygen atoms in total. The van der Waals surface area contributed by atoms with Gasteiger partial charge in [0.05, 0.1) is 18.5 Å². The van der Waals surface area contributed by atoms with Gasteiger partial charge in [-0.3, -0.25) is 14.3 Å². The molecule has 2 aromatic rings. The summed E-state index contributed by atoms with van der Waals surface area (Å²) in [7, 11) is 0. The summed E-state index contributed by atoms with van der Waals surface area (Å²) in [6.07, 6.45) is 7.11. The summed E-state index contributed by atoms with van der Waals surface area (Å²) < 4.78 is 7.52. The van der Waals surface area contributed by atoms with Gasteiger partial charge < -0.3 is 15.0 Å². The summed E-state index contributed by atoms with van der Waals surface area (Å²) in [5.41, 5.74) is 1.91. The van der Waals surface area contributed by atoms with Crippen molar-refractivity contribution in [3.8, 4) is 5.75 Å². The minimum atomic E-state index is -0.0539. The molecule has 0 atom stereocenters. The molecule has 1 aromatic heterocycles.